The average Bonchev–Trinajstić information content (AvgIpc) is 3.69. The highest BCUT2D eigenvalue weighted by atomic mass is 16.7. The van der Waals surface area contributed by atoms with Gasteiger partial charge in [-0.05, 0) is 84.2 Å². The van der Waals surface area contributed by atoms with Crippen molar-refractivity contribution in [2.75, 3.05) is 26.2 Å². The molecule has 0 bridgehead atoms. The van der Waals surface area contributed by atoms with E-state index < -0.39 is 36.2 Å². The molecule has 3 aromatic carbocycles. The number of aryl methyl sites for hydroxylation is 1. The van der Waals surface area contributed by atoms with Crippen molar-refractivity contribution < 1.29 is 49.6 Å². The Bertz CT molecular complexity index is 1920. The summed E-state index contributed by atoms with van der Waals surface area (Å²) in [5.41, 5.74) is 2.82. The monoisotopic (exact) mass is 740 g/mol. The highest BCUT2D eigenvalue weighted by Crippen LogP contribution is 2.40. The van der Waals surface area contributed by atoms with E-state index in [4.69, 9.17) is 14.2 Å². The summed E-state index contributed by atoms with van der Waals surface area (Å²) in [5, 5.41) is 67.8. The minimum absolute atomic E-state index is 0.0109. The number of aliphatic imine (C=N–C) groups is 1. The molecule has 0 saturated carbocycles. The lowest BCUT2D eigenvalue weighted by molar-refractivity contribution is -0.311. The lowest BCUT2D eigenvalue weighted by Crippen LogP contribution is -2.71. The molecule has 3 heterocycles. The van der Waals surface area contributed by atoms with Crippen molar-refractivity contribution in [3.63, 3.8) is 0 Å². The van der Waals surface area contributed by atoms with Crippen LogP contribution in [-0.4, -0.2) is 99.3 Å². The number of aliphatic hydroxyl groups is 4. The van der Waals surface area contributed by atoms with E-state index in [-0.39, 0.29) is 48.0 Å². The number of nitrogens with zero attached hydrogens (tertiary/aromatic N) is 1. The summed E-state index contributed by atoms with van der Waals surface area (Å²) >= 11 is 0. The quantitative estimate of drug-likeness (QED) is 0.114. The Balaban J connectivity index is 1.19. The molecular formula is C42H48N2O10. The van der Waals surface area contributed by atoms with E-state index in [1.807, 2.05) is 18.3 Å². The number of hydrogen-bond acceptors (Lipinski definition) is 11. The molecule has 0 spiro atoms. The number of aliphatic carboxylic acids is 1. The maximum Gasteiger partial charge on any atom is 0.335 e. The zero-order valence-corrected chi connectivity index (χ0v) is 30.3. The zero-order chi connectivity index (χ0) is 38.4. The van der Waals surface area contributed by atoms with Crippen LogP contribution in [0.3, 0.4) is 0 Å². The molecule has 6 rings (SSSR count). The molecule has 0 amide bonds. The Morgan fingerprint density at radius 1 is 1.11 bits per heavy atom. The normalized spacial score (nSPS) is 24.9. The second-order valence-corrected chi connectivity index (χ2v) is 14.1. The van der Waals surface area contributed by atoms with Gasteiger partial charge in [0.25, 0.3) is 0 Å². The summed E-state index contributed by atoms with van der Waals surface area (Å²) in [5.74, 6) is -0.843. The standard InChI is InChI=1S/C42H48N2O10/c1-3-27-8-4-5-9-28(27)10-6-7-25(2)30(19-26-17-18-43-21-26)22-44-24-42(51)39(48)37(47)38(40(49)50)54-41(42)53-32-15-16-33-35(20-32)52-23-34(36(33)46)29-11-13-31(45)14-12-29/h4-6,8-17,20-21,25,30,37-39,41,44-48,51H,3,7,18-19,22-24H2,1-2H3,(H,49,50)/b10-6+/t25-,30-,37+,38-,39-,41+,42+/m0/s1. The third-order valence-electron chi connectivity index (χ3n) is 10.5. The summed E-state index contributed by atoms with van der Waals surface area (Å²) < 4.78 is 17.6. The van der Waals surface area contributed by atoms with Crippen LogP contribution in [0, 0.1) is 11.8 Å². The van der Waals surface area contributed by atoms with Crippen molar-refractivity contribution >= 4 is 29.6 Å². The Morgan fingerprint density at radius 3 is 2.61 bits per heavy atom. The van der Waals surface area contributed by atoms with Crippen LogP contribution in [0.4, 0.5) is 0 Å². The van der Waals surface area contributed by atoms with Gasteiger partial charge in [-0.3, -0.25) is 4.99 Å². The maximum absolute atomic E-state index is 12.0. The van der Waals surface area contributed by atoms with Crippen molar-refractivity contribution in [1.82, 2.24) is 5.32 Å². The SMILES string of the molecule is CCc1ccccc1/C=C/C[C@H](C)[C@H](CNC[C@]1(O)[C@H](Oc2ccc3c(c2)OCC(c2ccc(O)cc2)=C3O)O[C@H](C(=O)O)[C@@H](O)[C@@H]1O)CC1=CCN=C1. The van der Waals surface area contributed by atoms with Gasteiger partial charge in [-0.25, -0.2) is 4.79 Å². The van der Waals surface area contributed by atoms with Crippen LogP contribution in [0.15, 0.2) is 89.4 Å². The number of fused-ring (bicyclic) bond motifs is 1. The van der Waals surface area contributed by atoms with Gasteiger partial charge in [0.1, 0.15) is 41.8 Å². The number of aromatic hydroxyl groups is 1. The molecule has 1 saturated heterocycles. The van der Waals surface area contributed by atoms with Crippen molar-refractivity contribution in [2.45, 2.75) is 63.3 Å². The highest BCUT2D eigenvalue weighted by Gasteiger charge is 2.58. The van der Waals surface area contributed by atoms with Crippen LogP contribution in [0.25, 0.3) is 17.4 Å². The van der Waals surface area contributed by atoms with E-state index in [9.17, 15) is 35.4 Å². The zero-order valence-electron chi connectivity index (χ0n) is 30.3. The van der Waals surface area contributed by atoms with E-state index in [1.165, 1.54) is 35.4 Å². The van der Waals surface area contributed by atoms with Gasteiger partial charge >= 0.3 is 5.97 Å². The number of phenolic OH excluding ortho intramolecular Hbond substituents is 1. The molecule has 3 aromatic rings. The first kappa shape index (κ1) is 38.7. The van der Waals surface area contributed by atoms with Crippen molar-refractivity contribution in [2.24, 2.45) is 16.8 Å². The molecule has 1 fully saturated rings. The van der Waals surface area contributed by atoms with Crippen molar-refractivity contribution in [3.05, 3.63) is 107 Å². The van der Waals surface area contributed by atoms with Gasteiger partial charge in [0.05, 0.1) is 12.1 Å². The van der Waals surface area contributed by atoms with Crippen LogP contribution in [-0.2, 0) is 16.0 Å². The number of benzene rings is 3. The summed E-state index contributed by atoms with van der Waals surface area (Å²) in [4.78, 5) is 16.4. The molecule has 0 unspecified atom stereocenters. The first-order valence-corrected chi connectivity index (χ1v) is 18.2. The first-order valence-electron chi connectivity index (χ1n) is 18.2. The van der Waals surface area contributed by atoms with Gasteiger partial charge in [-0.1, -0.05) is 68.5 Å². The fourth-order valence-electron chi connectivity index (χ4n) is 7.12. The van der Waals surface area contributed by atoms with Crippen LogP contribution < -0.4 is 14.8 Å². The van der Waals surface area contributed by atoms with Gasteiger partial charge in [0.2, 0.25) is 6.29 Å². The molecule has 0 radical (unpaired) electrons. The van der Waals surface area contributed by atoms with Gasteiger partial charge in [-0.2, -0.15) is 0 Å². The Hall–Kier alpha value is -4.98. The first-order chi connectivity index (χ1) is 26.0. The number of carboxylic acids is 1. The molecule has 3 aliphatic rings. The minimum atomic E-state index is -2.29. The number of ether oxygens (including phenoxy) is 3. The molecule has 3 aliphatic heterocycles. The van der Waals surface area contributed by atoms with E-state index in [1.54, 1.807) is 18.2 Å². The number of nitrogens with one attached hydrogen (secondary N) is 1. The number of allylic oxidation sites excluding steroid dienone is 2. The number of hydrogen-bond donors (Lipinski definition) is 7. The number of phenols is 1. The van der Waals surface area contributed by atoms with E-state index in [0.717, 1.165) is 24.8 Å². The molecule has 12 heteroatoms. The summed E-state index contributed by atoms with van der Waals surface area (Å²) in [6.07, 6.45) is 3.20. The second-order valence-electron chi connectivity index (χ2n) is 14.1. The second kappa shape index (κ2) is 17.0. The predicted octanol–water partition coefficient (Wildman–Crippen LogP) is 4.76. The number of rotatable bonds is 15. The maximum atomic E-state index is 12.0. The van der Waals surface area contributed by atoms with E-state index in [0.29, 0.717) is 29.8 Å². The fourth-order valence-corrected chi connectivity index (χ4v) is 7.12. The van der Waals surface area contributed by atoms with Crippen molar-refractivity contribution in [3.8, 4) is 17.2 Å². The number of carboxylic acid groups (broad SMARTS) is 1. The van der Waals surface area contributed by atoms with E-state index in [2.05, 4.69) is 54.5 Å². The molecule has 7 N–H and O–H groups in total. The van der Waals surface area contributed by atoms with Crippen LogP contribution in [0.1, 0.15) is 48.9 Å². The third-order valence-corrected chi connectivity index (χ3v) is 10.5. The molecule has 7 atom stereocenters. The Morgan fingerprint density at radius 2 is 1.89 bits per heavy atom. The number of aliphatic hydroxyl groups excluding tert-OH is 3. The van der Waals surface area contributed by atoms with E-state index >= 15 is 0 Å². The number of carbonyl (C=O) groups is 1. The topological polar surface area (TPSA) is 191 Å². The van der Waals surface area contributed by atoms with Gasteiger partial charge < -0.3 is 50.2 Å². The summed E-state index contributed by atoms with van der Waals surface area (Å²) in [6.45, 7) is 5.04. The molecule has 286 valence electrons. The minimum Gasteiger partial charge on any atom is -0.508 e. The largest absolute Gasteiger partial charge is 0.508 e. The van der Waals surface area contributed by atoms with Gasteiger partial charge in [-0.15, -0.1) is 0 Å². The van der Waals surface area contributed by atoms with Gasteiger partial charge in [0, 0.05) is 24.4 Å². The average molecular weight is 741 g/mol. The van der Waals surface area contributed by atoms with Crippen LogP contribution >= 0.6 is 0 Å². The predicted molar refractivity (Wildman–Crippen MR) is 204 cm³/mol. The smallest absolute Gasteiger partial charge is 0.335 e. The Labute approximate surface area is 314 Å². The molecule has 54 heavy (non-hydrogen) atoms. The van der Waals surface area contributed by atoms with Crippen LogP contribution in [0.5, 0.6) is 17.2 Å². The van der Waals surface area contributed by atoms with Gasteiger partial charge in [0.15, 0.2) is 11.7 Å². The molecule has 0 aliphatic carbocycles. The molecular weight excluding hydrogens is 692 g/mol. The Kier molecular flexibility index (Phi) is 12.2. The lowest BCUT2D eigenvalue weighted by Gasteiger charge is -2.47. The summed E-state index contributed by atoms with van der Waals surface area (Å²) in [7, 11) is 0. The van der Waals surface area contributed by atoms with Crippen molar-refractivity contribution in [1.29, 1.82) is 0 Å². The molecule has 12 nitrogen and oxygen atoms in total. The lowest BCUT2D eigenvalue weighted by atomic mass is 9.84. The fraction of sp³-hybridized carbons (Fsp3) is 0.381. The third kappa shape index (κ3) is 8.53. The highest BCUT2D eigenvalue weighted by molar-refractivity contribution is 5.91. The summed E-state index contributed by atoms with van der Waals surface area (Å²) in [6, 6.07) is 19.1. The van der Waals surface area contributed by atoms with Crippen LogP contribution in [0.2, 0.25) is 0 Å². The molecule has 0 aromatic heterocycles.